The van der Waals surface area contributed by atoms with Crippen molar-refractivity contribution >= 4 is 16.9 Å². The molecule has 0 aliphatic carbocycles. The molecule has 4 nitrogen and oxygen atoms in total. The number of hydrogen-bond donors (Lipinski definition) is 0. The van der Waals surface area contributed by atoms with Crippen molar-refractivity contribution in [2.45, 2.75) is 0 Å². The summed E-state index contributed by atoms with van der Waals surface area (Å²) in [6.07, 6.45) is 0. The third kappa shape index (κ3) is 1.44. The Labute approximate surface area is 85.7 Å². The number of carbonyl (C=O) groups is 1. The fourth-order valence-electron chi connectivity index (χ4n) is 1.35. The summed E-state index contributed by atoms with van der Waals surface area (Å²) in [5.74, 6) is -0.440. The minimum Gasteiger partial charge on any atom is -0.463 e. The molecule has 2 aromatic rings. The molecular weight excluding hydrogens is 194 g/mol. The van der Waals surface area contributed by atoms with Gasteiger partial charge in [-0.25, -0.2) is 4.79 Å². The van der Waals surface area contributed by atoms with E-state index in [1.54, 1.807) is 24.3 Å². The number of furan rings is 1. The second kappa shape index (κ2) is 3.46. The molecule has 0 unspecified atom stereocenters. The van der Waals surface area contributed by atoms with E-state index in [9.17, 15) is 4.79 Å². The van der Waals surface area contributed by atoms with Crippen LogP contribution in [0.2, 0.25) is 0 Å². The van der Waals surface area contributed by atoms with Gasteiger partial charge in [-0.2, -0.15) is 5.26 Å². The van der Waals surface area contributed by atoms with Crippen LogP contribution in [0.5, 0.6) is 0 Å². The van der Waals surface area contributed by atoms with Gasteiger partial charge in [0.15, 0.2) is 5.58 Å². The Balaban J connectivity index is 2.66. The molecule has 0 fully saturated rings. The van der Waals surface area contributed by atoms with Gasteiger partial charge in [-0.1, -0.05) is 12.1 Å². The Hall–Kier alpha value is -2.28. The van der Waals surface area contributed by atoms with Crippen LogP contribution in [0.25, 0.3) is 11.0 Å². The van der Waals surface area contributed by atoms with E-state index in [0.29, 0.717) is 11.1 Å². The summed E-state index contributed by atoms with van der Waals surface area (Å²) in [4.78, 5) is 11.2. The Bertz CT molecular complexity index is 563. The van der Waals surface area contributed by atoms with Crippen molar-refractivity contribution in [2.75, 3.05) is 7.11 Å². The average Bonchev–Trinajstić information content (AvgIpc) is 2.71. The topological polar surface area (TPSA) is 63.2 Å². The van der Waals surface area contributed by atoms with Gasteiger partial charge in [0.2, 0.25) is 5.76 Å². The molecular formula is C11H7NO3. The summed E-state index contributed by atoms with van der Waals surface area (Å²) in [6, 6.07) is 8.69. The zero-order valence-electron chi connectivity index (χ0n) is 7.98. The van der Waals surface area contributed by atoms with Gasteiger partial charge in [0.1, 0.15) is 6.07 Å². The van der Waals surface area contributed by atoms with Crippen LogP contribution >= 0.6 is 0 Å². The van der Waals surface area contributed by atoms with Crippen LogP contribution in [0.3, 0.4) is 0 Å². The number of para-hydroxylation sites is 1. The first-order valence-corrected chi connectivity index (χ1v) is 4.27. The minimum atomic E-state index is -0.546. The van der Waals surface area contributed by atoms with E-state index < -0.39 is 5.97 Å². The van der Waals surface area contributed by atoms with Crippen molar-refractivity contribution in [3.8, 4) is 6.07 Å². The van der Waals surface area contributed by atoms with E-state index in [1.165, 1.54) is 7.11 Å². The highest BCUT2D eigenvalue weighted by Gasteiger charge is 2.13. The molecule has 0 N–H and O–H groups in total. The Morgan fingerprint density at radius 2 is 2.33 bits per heavy atom. The van der Waals surface area contributed by atoms with Crippen molar-refractivity contribution in [3.63, 3.8) is 0 Å². The second-order valence-electron chi connectivity index (χ2n) is 2.94. The third-order valence-electron chi connectivity index (χ3n) is 2.05. The van der Waals surface area contributed by atoms with E-state index in [4.69, 9.17) is 9.68 Å². The maximum Gasteiger partial charge on any atom is 0.373 e. The number of esters is 1. The lowest BCUT2D eigenvalue weighted by atomic mass is 10.2. The summed E-state index contributed by atoms with van der Waals surface area (Å²) in [5, 5.41) is 9.53. The number of nitriles is 1. The molecule has 74 valence electrons. The van der Waals surface area contributed by atoms with Crippen molar-refractivity contribution in [3.05, 3.63) is 35.6 Å². The Kier molecular flexibility index (Phi) is 2.14. The van der Waals surface area contributed by atoms with E-state index >= 15 is 0 Å². The minimum absolute atomic E-state index is 0.107. The van der Waals surface area contributed by atoms with Crippen molar-refractivity contribution < 1.29 is 13.9 Å². The number of fused-ring (bicyclic) bond motifs is 1. The summed E-state index contributed by atoms with van der Waals surface area (Å²) in [5.41, 5.74) is 0.822. The van der Waals surface area contributed by atoms with Crippen molar-refractivity contribution in [1.29, 1.82) is 5.26 Å². The van der Waals surface area contributed by atoms with E-state index in [2.05, 4.69) is 4.74 Å². The number of carbonyl (C=O) groups excluding carboxylic acids is 1. The molecule has 0 radical (unpaired) electrons. The van der Waals surface area contributed by atoms with E-state index in [1.807, 2.05) is 6.07 Å². The van der Waals surface area contributed by atoms with Gasteiger partial charge in [-0.3, -0.25) is 0 Å². The summed E-state index contributed by atoms with van der Waals surface area (Å²) in [7, 11) is 1.28. The molecule has 15 heavy (non-hydrogen) atoms. The largest absolute Gasteiger partial charge is 0.463 e. The third-order valence-corrected chi connectivity index (χ3v) is 2.05. The lowest BCUT2D eigenvalue weighted by Gasteiger charge is -1.91. The van der Waals surface area contributed by atoms with Crippen LogP contribution in [0, 0.1) is 11.3 Å². The van der Waals surface area contributed by atoms with Gasteiger partial charge in [0, 0.05) is 5.39 Å². The van der Waals surface area contributed by atoms with Crippen molar-refractivity contribution in [1.82, 2.24) is 0 Å². The van der Waals surface area contributed by atoms with Crippen LogP contribution < -0.4 is 0 Å². The lowest BCUT2D eigenvalue weighted by Crippen LogP contribution is -1.97. The highest BCUT2D eigenvalue weighted by Crippen LogP contribution is 2.22. The van der Waals surface area contributed by atoms with Crippen LogP contribution in [-0.4, -0.2) is 13.1 Å². The summed E-state index contributed by atoms with van der Waals surface area (Å²) in [6.45, 7) is 0. The van der Waals surface area contributed by atoms with Gasteiger partial charge in [-0.05, 0) is 12.1 Å². The number of rotatable bonds is 1. The number of nitrogens with zero attached hydrogens (tertiary/aromatic N) is 1. The fraction of sp³-hybridized carbons (Fsp3) is 0.0909. The predicted octanol–water partition coefficient (Wildman–Crippen LogP) is 2.09. The smallest absolute Gasteiger partial charge is 0.373 e. The first-order valence-electron chi connectivity index (χ1n) is 4.27. The van der Waals surface area contributed by atoms with Crippen LogP contribution in [-0.2, 0) is 4.74 Å². The molecule has 0 saturated carbocycles. The molecule has 1 aromatic carbocycles. The SMILES string of the molecule is COC(=O)c1cc2cccc(C#N)c2o1. The summed E-state index contributed by atoms with van der Waals surface area (Å²) >= 11 is 0. The molecule has 2 rings (SSSR count). The Morgan fingerprint density at radius 3 is 3.00 bits per heavy atom. The quantitative estimate of drug-likeness (QED) is 0.662. The molecule has 4 heteroatoms. The fourth-order valence-corrected chi connectivity index (χ4v) is 1.35. The lowest BCUT2D eigenvalue weighted by molar-refractivity contribution is 0.0567. The zero-order chi connectivity index (χ0) is 10.8. The highest BCUT2D eigenvalue weighted by atomic mass is 16.5. The zero-order valence-corrected chi connectivity index (χ0v) is 7.98. The second-order valence-corrected chi connectivity index (χ2v) is 2.94. The number of methoxy groups -OCH3 is 1. The molecule has 0 spiro atoms. The first-order chi connectivity index (χ1) is 7.26. The summed E-state index contributed by atoms with van der Waals surface area (Å²) < 4.78 is 9.77. The molecule has 0 amide bonds. The standard InChI is InChI=1S/C11H7NO3/c1-14-11(13)9-5-7-3-2-4-8(6-12)10(7)15-9/h2-5H,1H3. The van der Waals surface area contributed by atoms with Gasteiger partial charge < -0.3 is 9.15 Å². The van der Waals surface area contributed by atoms with Gasteiger partial charge in [0.25, 0.3) is 0 Å². The van der Waals surface area contributed by atoms with Gasteiger partial charge in [-0.15, -0.1) is 0 Å². The maximum absolute atomic E-state index is 11.2. The maximum atomic E-state index is 11.2. The Morgan fingerprint density at radius 1 is 1.53 bits per heavy atom. The number of ether oxygens (including phenoxy) is 1. The molecule has 0 aliphatic heterocycles. The van der Waals surface area contributed by atoms with Gasteiger partial charge in [0.05, 0.1) is 12.7 Å². The van der Waals surface area contributed by atoms with Crippen LogP contribution in [0.1, 0.15) is 16.1 Å². The van der Waals surface area contributed by atoms with Crippen molar-refractivity contribution in [2.24, 2.45) is 0 Å². The number of benzene rings is 1. The molecule has 0 aliphatic rings. The monoisotopic (exact) mass is 201 g/mol. The molecule has 1 heterocycles. The van der Waals surface area contributed by atoms with E-state index in [-0.39, 0.29) is 5.76 Å². The number of hydrogen-bond acceptors (Lipinski definition) is 4. The van der Waals surface area contributed by atoms with Crippen LogP contribution in [0.15, 0.2) is 28.7 Å². The molecule has 1 aromatic heterocycles. The molecule has 0 bridgehead atoms. The average molecular weight is 201 g/mol. The van der Waals surface area contributed by atoms with Gasteiger partial charge >= 0.3 is 5.97 Å². The first kappa shape index (κ1) is 9.28. The normalized spacial score (nSPS) is 9.87. The van der Waals surface area contributed by atoms with Crippen LogP contribution in [0.4, 0.5) is 0 Å². The van der Waals surface area contributed by atoms with E-state index in [0.717, 1.165) is 5.39 Å². The molecule has 0 atom stereocenters. The predicted molar refractivity (Wildman–Crippen MR) is 52.3 cm³/mol. The molecule has 0 saturated heterocycles. The highest BCUT2D eigenvalue weighted by molar-refractivity contribution is 5.94.